The van der Waals surface area contributed by atoms with Crippen molar-refractivity contribution in [3.63, 3.8) is 0 Å². The minimum atomic E-state index is -0.720. The van der Waals surface area contributed by atoms with Crippen LogP contribution in [0.1, 0.15) is 18.2 Å². The number of benzene rings is 1. The van der Waals surface area contributed by atoms with Crippen LogP contribution in [0.15, 0.2) is 42.6 Å². The molecule has 0 aliphatic rings. The molecule has 21 heavy (non-hydrogen) atoms. The van der Waals surface area contributed by atoms with E-state index in [1.165, 1.54) is 12.1 Å². The molecule has 0 bridgehead atoms. The number of nitrogens with zero attached hydrogens (tertiary/aromatic N) is 2. The van der Waals surface area contributed by atoms with Crippen molar-refractivity contribution in [3.8, 4) is 5.75 Å². The first-order valence-corrected chi connectivity index (χ1v) is 6.75. The first-order chi connectivity index (χ1) is 10.1. The molecule has 1 heterocycles. The van der Waals surface area contributed by atoms with Gasteiger partial charge in [0.2, 0.25) is 0 Å². The lowest BCUT2D eigenvalue weighted by molar-refractivity contribution is 0.165. The lowest BCUT2D eigenvalue weighted by atomic mass is 10.1. The van der Waals surface area contributed by atoms with Crippen LogP contribution < -0.4 is 9.64 Å². The van der Waals surface area contributed by atoms with Gasteiger partial charge in [-0.2, -0.15) is 0 Å². The molecule has 4 nitrogen and oxygen atoms in total. The van der Waals surface area contributed by atoms with E-state index in [2.05, 4.69) is 4.98 Å². The zero-order valence-electron chi connectivity index (χ0n) is 12.2. The molecular weight excluding hydrogens is 271 g/mol. The van der Waals surface area contributed by atoms with Crippen molar-refractivity contribution < 1.29 is 14.2 Å². The highest BCUT2D eigenvalue weighted by molar-refractivity contribution is 5.57. The molecule has 1 atom stereocenters. The fraction of sp³-hybridized carbons (Fsp3) is 0.312. The van der Waals surface area contributed by atoms with Crippen LogP contribution in [0.3, 0.4) is 0 Å². The molecule has 0 aliphatic carbocycles. The monoisotopic (exact) mass is 290 g/mol. The molecule has 0 saturated carbocycles. The summed E-state index contributed by atoms with van der Waals surface area (Å²) in [6, 6.07) is 10.5. The molecule has 0 amide bonds. The number of para-hydroxylation sites is 2. The van der Waals surface area contributed by atoms with Gasteiger partial charge in [0, 0.05) is 13.6 Å². The molecule has 112 valence electrons. The molecule has 0 fully saturated rings. The van der Waals surface area contributed by atoms with E-state index in [9.17, 15) is 9.50 Å². The molecule has 2 rings (SSSR count). The van der Waals surface area contributed by atoms with Gasteiger partial charge in [-0.25, -0.2) is 4.39 Å². The molecular formula is C16H19FN2O2. The number of anilines is 1. The number of hydrogen-bond acceptors (Lipinski definition) is 4. The van der Waals surface area contributed by atoms with E-state index >= 15 is 0 Å². The molecule has 5 heteroatoms. The van der Waals surface area contributed by atoms with Crippen molar-refractivity contribution in [2.45, 2.75) is 12.5 Å². The van der Waals surface area contributed by atoms with Gasteiger partial charge in [-0.1, -0.05) is 12.1 Å². The Kier molecular flexibility index (Phi) is 5.11. The molecule has 0 saturated heterocycles. The second-order valence-electron chi connectivity index (χ2n) is 4.80. The van der Waals surface area contributed by atoms with Crippen LogP contribution in [0.5, 0.6) is 5.75 Å². The summed E-state index contributed by atoms with van der Waals surface area (Å²) in [5.41, 5.74) is 1.43. The molecule has 1 aromatic heterocycles. The molecule has 0 aliphatic heterocycles. The van der Waals surface area contributed by atoms with Gasteiger partial charge in [0.15, 0.2) is 0 Å². The standard InChI is InChI=1S/C16H19FN2O2/c1-19(14-5-3-4-6-16(14)21-2)10-9-15(20)13-8-7-12(17)11-18-13/h3-8,11,15,20H,9-10H2,1-2H3. The number of hydrogen-bond donors (Lipinski definition) is 1. The minimum Gasteiger partial charge on any atom is -0.495 e. The Balaban J connectivity index is 1.97. The van der Waals surface area contributed by atoms with Gasteiger partial charge in [0.1, 0.15) is 11.6 Å². The maximum atomic E-state index is 12.8. The Hall–Kier alpha value is -2.14. The second kappa shape index (κ2) is 7.04. The third-order valence-electron chi connectivity index (χ3n) is 3.33. The quantitative estimate of drug-likeness (QED) is 0.888. The van der Waals surface area contributed by atoms with E-state index in [1.54, 1.807) is 7.11 Å². The molecule has 0 radical (unpaired) electrons. The van der Waals surface area contributed by atoms with E-state index < -0.39 is 11.9 Å². The fourth-order valence-corrected chi connectivity index (χ4v) is 2.11. The van der Waals surface area contributed by atoms with Crippen LogP contribution in [0.25, 0.3) is 0 Å². The van der Waals surface area contributed by atoms with Crippen molar-refractivity contribution in [1.82, 2.24) is 4.98 Å². The number of halogens is 1. The van der Waals surface area contributed by atoms with Crippen molar-refractivity contribution >= 4 is 5.69 Å². The highest BCUT2D eigenvalue weighted by Gasteiger charge is 2.12. The van der Waals surface area contributed by atoms with Crippen molar-refractivity contribution in [1.29, 1.82) is 0 Å². The lowest BCUT2D eigenvalue weighted by Crippen LogP contribution is -2.21. The van der Waals surface area contributed by atoms with E-state index in [0.717, 1.165) is 17.6 Å². The molecule has 0 spiro atoms. The summed E-state index contributed by atoms with van der Waals surface area (Å²) >= 11 is 0. The van der Waals surface area contributed by atoms with Gasteiger partial charge >= 0.3 is 0 Å². The summed E-state index contributed by atoms with van der Waals surface area (Å²) in [6.45, 7) is 0.626. The number of aliphatic hydroxyl groups is 1. The maximum Gasteiger partial charge on any atom is 0.142 e. The Morgan fingerprint density at radius 1 is 1.29 bits per heavy atom. The number of ether oxygens (including phenoxy) is 1. The molecule has 1 aromatic carbocycles. The van der Waals surface area contributed by atoms with E-state index in [4.69, 9.17) is 4.74 Å². The summed E-state index contributed by atoms with van der Waals surface area (Å²) in [5, 5.41) is 10.1. The largest absolute Gasteiger partial charge is 0.495 e. The number of aromatic nitrogens is 1. The average Bonchev–Trinajstić information content (AvgIpc) is 2.52. The molecule has 2 aromatic rings. The smallest absolute Gasteiger partial charge is 0.142 e. The first kappa shape index (κ1) is 15.3. The first-order valence-electron chi connectivity index (χ1n) is 6.75. The zero-order chi connectivity index (χ0) is 15.2. The van der Waals surface area contributed by atoms with Crippen LogP contribution in [0.2, 0.25) is 0 Å². The summed E-state index contributed by atoms with van der Waals surface area (Å²) in [7, 11) is 3.56. The van der Waals surface area contributed by atoms with Crippen molar-refractivity contribution in [3.05, 3.63) is 54.1 Å². The maximum absolute atomic E-state index is 12.8. The third kappa shape index (κ3) is 3.92. The van der Waals surface area contributed by atoms with Crippen LogP contribution >= 0.6 is 0 Å². The fourth-order valence-electron chi connectivity index (χ4n) is 2.11. The Bertz CT molecular complexity index is 575. The van der Waals surface area contributed by atoms with Gasteiger partial charge in [-0.3, -0.25) is 4.98 Å². The number of methoxy groups -OCH3 is 1. The van der Waals surface area contributed by atoms with Crippen LogP contribution in [-0.4, -0.2) is 30.8 Å². The number of pyridine rings is 1. The normalized spacial score (nSPS) is 12.0. The topological polar surface area (TPSA) is 45.6 Å². The SMILES string of the molecule is COc1ccccc1N(C)CCC(O)c1ccc(F)cn1. The number of aliphatic hydroxyl groups excluding tert-OH is 1. The van der Waals surface area contributed by atoms with Crippen LogP contribution in [0, 0.1) is 5.82 Å². The third-order valence-corrected chi connectivity index (χ3v) is 3.33. The van der Waals surface area contributed by atoms with Gasteiger partial charge in [-0.05, 0) is 30.7 Å². The Labute approximate surface area is 123 Å². The Morgan fingerprint density at radius 3 is 2.71 bits per heavy atom. The van der Waals surface area contributed by atoms with Crippen LogP contribution in [-0.2, 0) is 0 Å². The summed E-state index contributed by atoms with van der Waals surface area (Å²) < 4.78 is 18.1. The summed E-state index contributed by atoms with van der Waals surface area (Å²) in [5.74, 6) is 0.381. The highest BCUT2D eigenvalue weighted by atomic mass is 19.1. The Morgan fingerprint density at radius 2 is 2.05 bits per heavy atom. The summed E-state index contributed by atoms with van der Waals surface area (Å²) in [6.07, 6.45) is 0.887. The summed E-state index contributed by atoms with van der Waals surface area (Å²) in [4.78, 5) is 5.90. The van der Waals surface area contributed by atoms with E-state index in [-0.39, 0.29) is 0 Å². The number of rotatable bonds is 6. The predicted octanol–water partition coefficient (Wildman–Crippen LogP) is 2.79. The van der Waals surface area contributed by atoms with Gasteiger partial charge in [0.25, 0.3) is 0 Å². The minimum absolute atomic E-state index is 0.405. The molecule has 1 unspecified atom stereocenters. The van der Waals surface area contributed by atoms with Crippen molar-refractivity contribution in [2.75, 3.05) is 25.6 Å². The highest BCUT2D eigenvalue weighted by Crippen LogP contribution is 2.27. The van der Waals surface area contributed by atoms with Gasteiger partial charge < -0.3 is 14.7 Å². The lowest BCUT2D eigenvalue weighted by Gasteiger charge is -2.22. The zero-order valence-corrected chi connectivity index (χ0v) is 12.2. The van der Waals surface area contributed by atoms with E-state index in [0.29, 0.717) is 18.7 Å². The van der Waals surface area contributed by atoms with E-state index in [1.807, 2.05) is 36.2 Å². The molecule has 1 N–H and O–H groups in total. The van der Waals surface area contributed by atoms with Gasteiger partial charge in [-0.15, -0.1) is 0 Å². The van der Waals surface area contributed by atoms with Gasteiger partial charge in [0.05, 0.1) is 30.8 Å². The van der Waals surface area contributed by atoms with Crippen molar-refractivity contribution in [2.24, 2.45) is 0 Å². The second-order valence-corrected chi connectivity index (χ2v) is 4.80. The average molecular weight is 290 g/mol. The predicted molar refractivity (Wildman–Crippen MR) is 80.0 cm³/mol. The van der Waals surface area contributed by atoms with Crippen LogP contribution in [0.4, 0.5) is 10.1 Å².